The molecule has 0 radical (unpaired) electrons. The minimum absolute atomic E-state index is 0.231. The van der Waals surface area contributed by atoms with E-state index in [1.807, 2.05) is 6.07 Å². The molecule has 4 N–H and O–H groups in total. The minimum atomic E-state index is 0.231. The highest BCUT2D eigenvalue weighted by atomic mass is 16.3. The van der Waals surface area contributed by atoms with Crippen molar-refractivity contribution in [3.63, 3.8) is 0 Å². The fourth-order valence-electron chi connectivity index (χ4n) is 1.17. The van der Waals surface area contributed by atoms with Crippen LogP contribution in [-0.4, -0.2) is 23.2 Å². The smallest absolute Gasteiger partial charge is 0.0736 e. The molecule has 0 saturated carbocycles. The van der Waals surface area contributed by atoms with Crippen LogP contribution in [0.4, 0.5) is 11.4 Å². The van der Waals surface area contributed by atoms with Crippen molar-refractivity contribution < 1.29 is 5.11 Å². The average Bonchev–Trinajstić information content (AvgIpc) is 2.17. The Kier molecular flexibility index (Phi) is 4.19. The summed E-state index contributed by atoms with van der Waals surface area (Å²) in [6.45, 7) is 3.13. The number of rotatable bonds is 5. The van der Waals surface area contributed by atoms with E-state index in [1.165, 1.54) is 0 Å². The van der Waals surface area contributed by atoms with Gasteiger partial charge >= 0.3 is 0 Å². The molecular formula is C10H17N3O. The normalized spacial score (nSPS) is 12.4. The molecule has 1 aromatic heterocycles. The number of hydrogen-bond acceptors (Lipinski definition) is 4. The Labute approximate surface area is 84.2 Å². The molecule has 0 aliphatic carbocycles. The van der Waals surface area contributed by atoms with E-state index < -0.39 is 0 Å². The highest BCUT2D eigenvalue weighted by Gasteiger charge is 2.02. The third-order valence-corrected chi connectivity index (χ3v) is 2.11. The highest BCUT2D eigenvalue weighted by molar-refractivity contribution is 5.64. The largest absolute Gasteiger partial charge is 0.396 e. The van der Waals surface area contributed by atoms with E-state index in [-0.39, 0.29) is 6.61 Å². The average molecular weight is 195 g/mol. The molecule has 0 amide bonds. The van der Waals surface area contributed by atoms with E-state index in [9.17, 15) is 0 Å². The van der Waals surface area contributed by atoms with Gasteiger partial charge in [-0.15, -0.1) is 0 Å². The zero-order valence-electron chi connectivity index (χ0n) is 8.40. The summed E-state index contributed by atoms with van der Waals surface area (Å²) in [5.74, 6) is 0.438. The van der Waals surface area contributed by atoms with Crippen LogP contribution in [0.1, 0.15) is 13.3 Å². The number of aliphatic hydroxyl groups is 1. The molecule has 0 spiro atoms. The molecule has 1 atom stereocenters. The van der Waals surface area contributed by atoms with Crippen molar-refractivity contribution in [3.8, 4) is 0 Å². The molecule has 78 valence electrons. The van der Waals surface area contributed by atoms with E-state index in [2.05, 4.69) is 17.2 Å². The van der Waals surface area contributed by atoms with E-state index in [1.54, 1.807) is 12.4 Å². The van der Waals surface area contributed by atoms with Gasteiger partial charge in [0.15, 0.2) is 0 Å². The number of nitrogens with two attached hydrogens (primary N) is 1. The summed E-state index contributed by atoms with van der Waals surface area (Å²) in [6, 6.07) is 1.85. The number of nitrogen functional groups attached to an aromatic ring is 1. The molecule has 0 aliphatic heterocycles. The standard InChI is InChI=1S/C10H17N3O/c1-8(3-5-14)6-13-10-2-4-12-7-9(10)11/h2,4,7-8,14H,3,5-6,11H2,1H3,(H,12,13). The Balaban J connectivity index is 2.41. The molecule has 0 fully saturated rings. The zero-order valence-corrected chi connectivity index (χ0v) is 8.40. The van der Waals surface area contributed by atoms with Gasteiger partial charge in [0.25, 0.3) is 0 Å². The van der Waals surface area contributed by atoms with Crippen LogP contribution in [0.2, 0.25) is 0 Å². The third kappa shape index (κ3) is 3.22. The third-order valence-electron chi connectivity index (χ3n) is 2.11. The lowest BCUT2D eigenvalue weighted by atomic mass is 10.1. The van der Waals surface area contributed by atoms with Crippen LogP contribution in [-0.2, 0) is 0 Å². The first-order chi connectivity index (χ1) is 6.74. The predicted molar refractivity (Wildman–Crippen MR) is 58.0 cm³/mol. The second kappa shape index (κ2) is 5.44. The fourth-order valence-corrected chi connectivity index (χ4v) is 1.17. The van der Waals surface area contributed by atoms with Crippen LogP contribution < -0.4 is 11.1 Å². The van der Waals surface area contributed by atoms with Crippen molar-refractivity contribution in [2.75, 3.05) is 24.2 Å². The molecule has 4 nitrogen and oxygen atoms in total. The lowest BCUT2D eigenvalue weighted by Crippen LogP contribution is -2.13. The molecule has 1 heterocycles. The molecular weight excluding hydrogens is 178 g/mol. The van der Waals surface area contributed by atoms with Gasteiger partial charge in [0.2, 0.25) is 0 Å². The van der Waals surface area contributed by atoms with E-state index >= 15 is 0 Å². The Bertz CT molecular complexity index is 278. The number of nitrogens with one attached hydrogen (secondary N) is 1. The van der Waals surface area contributed by atoms with Crippen LogP contribution in [0.25, 0.3) is 0 Å². The van der Waals surface area contributed by atoms with Gasteiger partial charge in [0.05, 0.1) is 17.6 Å². The topological polar surface area (TPSA) is 71.2 Å². The van der Waals surface area contributed by atoms with Gasteiger partial charge in [-0.1, -0.05) is 6.92 Å². The van der Waals surface area contributed by atoms with Gasteiger partial charge in [-0.05, 0) is 18.4 Å². The van der Waals surface area contributed by atoms with Crippen molar-refractivity contribution in [3.05, 3.63) is 18.5 Å². The lowest BCUT2D eigenvalue weighted by molar-refractivity contribution is 0.266. The van der Waals surface area contributed by atoms with E-state index in [4.69, 9.17) is 10.8 Å². The van der Waals surface area contributed by atoms with Crippen LogP contribution >= 0.6 is 0 Å². The van der Waals surface area contributed by atoms with Crippen molar-refractivity contribution in [1.29, 1.82) is 0 Å². The fraction of sp³-hybridized carbons (Fsp3) is 0.500. The quantitative estimate of drug-likeness (QED) is 0.657. The Morgan fingerprint density at radius 2 is 2.43 bits per heavy atom. The number of anilines is 2. The number of aliphatic hydroxyl groups excluding tert-OH is 1. The number of aromatic nitrogens is 1. The Morgan fingerprint density at radius 1 is 1.64 bits per heavy atom. The summed E-state index contributed by atoms with van der Waals surface area (Å²) in [4.78, 5) is 3.90. The first kappa shape index (κ1) is 10.8. The minimum Gasteiger partial charge on any atom is -0.396 e. The first-order valence-electron chi connectivity index (χ1n) is 4.78. The molecule has 0 aromatic carbocycles. The maximum atomic E-state index is 8.73. The first-order valence-corrected chi connectivity index (χ1v) is 4.78. The summed E-state index contributed by atoms with van der Waals surface area (Å²) in [5.41, 5.74) is 7.27. The summed E-state index contributed by atoms with van der Waals surface area (Å²) in [6.07, 6.45) is 4.13. The summed E-state index contributed by atoms with van der Waals surface area (Å²) >= 11 is 0. The summed E-state index contributed by atoms with van der Waals surface area (Å²) in [5, 5.41) is 11.9. The van der Waals surface area contributed by atoms with E-state index in [0.29, 0.717) is 11.6 Å². The van der Waals surface area contributed by atoms with Gasteiger partial charge in [0, 0.05) is 19.3 Å². The van der Waals surface area contributed by atoms with Crippen molar-refractivity contribution in [2.24, 2.45) is 5.92 Å². The van der Waals surface area contributed by atoms with Gasteiger partial charge < -0.3 is 16.2 Å². The van der Waals surface area contributed by atoms with Crippen molar-refractivity contribution in [1.82, 2.24) is 4.98 Å². The van der Waals surface area contributed by atoms with E-state index in [0.717, 1.165) is 18.7 Å². The SMILES string of the molecule is CC(CCO)CNc1ccncc1N. The molecule has 1 aromatic rings. The lowest BCUT2D eigenvalue weighted by Gasteiger charge is -2.13. The molecule has 1 rings (SSSR count). The maximum Gasteiger partial charge on any atom is 0.0736 e. The van der Waals surface area contributed by atoms with Crippen molar-refractivity contribution in [2.45, 2.75) is 13.3 Å². The van der Waals surface area contributed by atoms with Crippen LogP contribution in [0.5, 0.6) is 0 Å². The number of pyridine rings is 1. The number of nitrogens with zero attached hydrogens (tertiary/aromatic N) is 1. The summed E-state index contributed by atoms with van der Waals surface area (Å²) < 4.78 is 0. The second-order valence-electron chi connectivity index (χ2n) is 3.46. The van der Waals surface area contributed by atoms with Crippen LogP contribution in [0, 0.1) is 5.92 Å². The Hall–Kier alpha value is -1.29. The number of hydrogen-bond donors (Lipinski definition) is 3. The highest BCUT2D eigenvalue weighted by Crippen LogP contribution is 2.15. The molecule has 4 heteroatoms. The predicted octanol–water partition coefficient (Wildman–Crippen LogP) is 1.09. The molecule has 0 aliphatic rings. The van der Waals surface area contributed by atoms with Crippen LogP contribution in [0.3, 0.4) is 0 Å². The van der Waals surface area contributed by atoms with Gasteiger partial charge in [-0.25, -0.2) is 0 Å². The second-order valence-corrected chi connectivity index (χ2v) is 3.46. The molecule has 14 heavy (non-hydrogen) atoms. The van der Waals surface area contributed by atoms with Gasteiger partial charge in [0.1, 0.15) is 0 Å². The monoisotopic (exact) mass is 195 g/mol. The van der Waals surface area contributed by atoms with Gasteiger partial charge in [-0.3, -0.25) is 4.98 Å². The molecule has 0 bridgehead atoms. The van der Waals surface area contributed by atoms with Gasteiger partial charge in [-0.2, -0.15) is 0 Å². The zero-order chi connectivity index (χ0) is 10.4. The Morgan fingerprint density at radius 3 is 3.07 bits per heavy atom. The molecule has 0 saturated heterocycles. The summed E-state index contributed by atoms with van der Waals surface area (Å²) in [7, 11) is 0. The van der Waals surface area contributed by atoms with Crippen molar-refractivity contribution >= 4 is 11.4 Å². The van der Waals surface area contributed by atoms with Crippen LogP contribution in [0.15, 0.2) is 18.5 Å². The molecule has 1 unspecified atom stereocenters. The maximum absolute atomic E-state index is 8.73.